The summed E-state index contributed by atoms with van der Waals surface area (Å²) in [7, 11) is 3.33. The Morgan fingerprint density at radius 1 is 1.10 bits per heavy atom. The zero-order valence-electron chi connectivity index (χ0n) is 18.4. The number of para-hydroxylation sites is 1. The van der Waals surface area contributed by atoms with Crippen molar-refractivity contribution in [3.8, 4) is 0 Å². The molecule has 166 valence electrons. The number of hydrogen-bond acceptors (Lipinski definition) is 5. The number of aromatic nitrogens is 1. The quantitative estimate of drug-likeness (QED) is 0.686. The first-order chi connectivity index (χ1) is 14.9. The third-order valence-electron chi connectivity index (χ3n) is 5.46. The Kier molecular flexibility index (Phi) is 7.57. The van der Waals surface area contributed by atoms with Crippen molar-refractivity contribution in [2.45, 2.75) is 13.3 Å². The minimum Gasteiger partial charge on any atom is -0.367 e. The Bertz CT molecular complexity index is 926. The summed E-state index contributed by atoms with van der Waals surface area (Å²) in [4.78, 5) is 34.6. The number of piperazine rings is 1. The largest absolute Gasteiger partial charge is 0.367 e. The van der Waals surface area contributed by atoms with E-state index >= 15 is 0 Å². The Morgan fingerprint density at radius 3 is 2.45 bits per heavy atom. The molecular weight excluding hydrogens is 397 g/mol. The Labute approximate surface area is 182 Å². The highest BCUT2D eigenvalue weighted by molar-refractivity contribution is 5.97. The zero-order valence-corrected chi connectivity index (χ0v) is 18.4. The summed E-state index contributed by atoms with van der Waals surface area (Å²) in [6, 6.07) is 10.1. The highest BCUT2D eigenvalue weighted by Gasteiger charge is 2.19. The number of rotatable bonds is 7. The Hall–Kier alpha value is -3.00. The molecule has 3 rings (SSSR count). The zero-order chi connectivity index (χ0) is 22.4. The summed E-state index contributed by atoms with van der Waals surface area (Å²) < 4.78 is 13.9. The predicted octanol–water partition coefficient (Wildman–Crippen LogP) is 2.17. The smallest absolute Gasteiger partial charge is 0.271 e. The lowest BCUT2D eigenvalue weighted by Crippen LogP contribution is -2.47. The number of anilines is 1. The molecule has 2 heterocycles. The number of carbonyl (C=O) groups excluding carboxylic acids is 2. The summed E-state index contributed by atoms with van der Waals surface area (Å²) in [5.41, 5.74) is 2.01. The average Bonchev–Trinajstić information content (AvgIpc) is 2.76. The van der Waals surface area contributed by atoms with Gasteiger partial charge in [-0.1, -0.05) is 12.1 Å². The van der Waals surface area contributed by atoms with Crippen LogP contribution in [0.5, 0.6) is 0 Å². The highest BCUT2D eigenvalue weighted by Crippen LogP contribution is 2.20. The summed E-state index contributed by atoms with van der Waals surface area (Å²) >= 11 is 0. The maximum atomic E-state index is 13.9. The lowest BCUT2D eigenvalue weighted by Gasteiger charge is -2.36. The van der Waals surface area contributed by atoms with Crippen molar-refractivity contribution >= 4 is 17.5 Å². The first-order valence-electron chi connectivity index (χ1n) is 10.6. The molecule has 8 heteroatoms. The molecule has 0 radical (unpaired) electrons. The molecule has 0 atom stereocenters. The molecule has 1 aromatic heterocycles. The molecule has 7 nitrogen and oxygen atoms in total. The lowest BCUT2D eigenvalue weighted by atomic mass is 10.1. The van der Waals surface area contributed by atoms with Crippen LogP contribution in [0.2, 0.25) is 0 Å². The molecule has 1 aliphatic rings. The van der Waals surface area contributed by atoms with Crippen LogP contribution in [0, 0.1) is 12.7 Å². The van der Waals surface area contributed by atoms with Crippen LogP contribution in [0.3, 0.4) is 0 Å². The standard InChI is InChI=1S/C23H30FN5O2/c1-17-18(9-10-20(26-17)23(31)27(2)3)22(30)25-11-6-12-28-13-15-29(16-14-28)21-8-5-4-7-19(21)24/h4-5,7-10H,6,11-16H2,1-3H3,(H,25,30). The maximum Gasteiger partial charge on any atom is 0.271 e. The summed E-state index contributed by atoms with van der Waals surface area (Å²) in [5.74, 6) is -0.550. The van der Waals surface area contributed by atoms with Crippen LogP contribution < -0.4 is 10.2 Å². The average molecular weight is 428 g/mol. The van der Waals surface area contributed by atoms with Gasteiger partial charge < -0.3 is 15.1 Å². The topological polar surface area (TPSA) is 68.8 Å². The van der Waals surface area contributed by atoms with Crippen molar-refractivity contribution in [3.63, 3.8) is 0 Å². The van der Waals surface area contributed by atoms with Gasteiger partial charge in [0.15, 0.2) is 0 Å². The molecule has 1 fully saturated rings. The van der Waals surface area contributed by atoms with Gasteiger partial charge in [0.25, 0.3) is 11.8 Å². The van der Waals surface area contributed by atoms with Crippen molar-refractivity contribution in [3.05, 3.63) is 59.2 Å². The number of nitrogens with zero attached hydrogens (tertiary/aromatic N) is 4. The number of aryl methyl sites for hydroxylation is 1. The van der Waals surface area contributed by atoms with E-state index in [4.69, 9.17) is 0 Å². The molecule has 0 bridgehead atoms. The van der Waals surface area contributed by atoms with Crippen LogP contribution in [0.4, 0.5) is 10.1 Å². The monoisotopic (exact) mass is 427 g/mol. The van der Waals surface area contributed by atoms with Gasteiger partial charge in [-0.15, -0.1) is 0 Å². The number of benzene rings is 1. The molecule has 2 aromatic rings. The van der Waals surface area contributed by atoms with Crippen LogP contribution in [-0.2, 0) is 0 Å². The number of amides is 2. The summed E-state index contributed by atoms with van der Waals surface area (Å²) in [6.45, 7) is 6.48. The van der Waals surface area contributed by atoms with Crippen LogP contribution in [0.25, 0.3) is 0 Å². The SMILES string of the molecule is Cc1nc(C(=O)N(C)C)ccc1C(=O)NCCCN1CCN(c2ccccc2F)CC1. The predicted molar refractivity (Wildman–Crippen MR) is 119 cm³/mol. The van der Waals surface area contributed by atoms with E-state index in [1.54, 1.807) is 39.2 Å². The second-order valence-corrected chi connectivity index (χ2v) is 7.92. The van der Waals surface area contributed by atoms with Crippen LogP contribution in [0.15, 0.2) is 36.4 Å². The number of pyridine rings is 1. The summed E-state index contributed by atoms with van der Waals surface area (Å²) in [6.07, 6.45) is 0.828. The molecular formula is C23H30FN5O2. The van der Waals surface area contributed by atoms with Gasteiger partial charge in [0.1, 0.15) is 11.5 Å². The van der Waals surface area contributed by atoms with Gasteiger partial charge in [0.05, 0.1) is 16.9 Å². The molecule has 1 aliphatic heterocycles. The van der Waals surface area contributed by atoms with Crippen LogP contribution >= 0.6 is 0 Å². The van der Waals surface area contributed by atoms with E-state index in [2.05, 4.69) is 20.1 Å². The first-order valence-corrected chi connectivity index (χ1v) is 10.6. The van der Waals surface area contributed by atoms with Gasteiger partial charge >= 0.3 is 0 Å². The minimum absolute atomic E-state index is 0.178. The number of nitrogens with one attached hydrogen (secondary N) is 1. The molecule has 1 saturated heterocycles. The van der Waals surface area contributed by atoms with Gasteiger partial charge in [0.2, 0.25) is 0 Å². The molecule has 1 N–H and O–H groups in total. The second kappa shape index (κ2) is 10.3. The third-order valence-corrected chi connectivity index (χ3v) is 5.46. The first kappa shape index (κ1) is 22.7. The Balaban J connectivity index is 1.41. The van der Waals surface area contributed by atoms with Gasteiger partial charge in [-0.2, -0.15) is 0 Å². The van der Waals surface area contributed by atoms with E-state index in [1.807, 2.05) is 12.1 Å². The molecule has 1 aromatic carbocycles. The van der Waals surface area contributed by atoms with Crippen LogP contribution in [-0.4, -0.2) is 80.0 Å². The van der Waals surface area contributed by atoms with Crippen molar-refractivity contribution in [1.82, 2.24) is 20.1 Å². The minimum atomic E-state index is -0.190. The fraction of sp³-hybridized carbons (Fsp3) is 0.435. The van der Waals surface area contributed by atoms with Gasteiger partial charge in [0, 0.05) is 46.8 Å². The molecule has 0 saturated carbocycles. The van der Waals surface area contributed by atoms with Gasteiger partial charge in [-0.05, 0) is 44.2 Å². The molecule has 2 amide bonds. The molecule has 31 heavy (non-hydrogen) atoms. The van der Waals surface area contributed by atoms with Gasteiger partial charge in [-0.3, -0.25) is 14.5 Å². The number of halogens is 1. The second-order valence-electron chi connectivity index (χ2n) is 7.92. The van der Waals surface area contributed by atoms with E-state index in [0.29, 0.717) is 29.2 Å². The van der Waals surface area contributed by atoms with Crippen molar-refractivity contribution in [2.75, 3.05) is 58.3 Å². The fourth-order valence-corrected chi connectivity index (χ4v) is 3.67. The van der Waals surface area contributed by atoms with E-state index in [0.717, 1.165) is 39.1 Å². The van der Waals surface area contributed by atoms with E-state index in [1.165, 1.54) is 11.0 Å². The van der Waals surface area contributed by atoms with Crippen molar-refractivity contribution in [1.29, 1.82) is 0 Å². The molecule has 0 spiro atoms. The molecule has 0 aliphatic carbocycles. The normalized spacial score (nSPS) is 14.4. The number of carbonyl (C=O) groups is 2. The van der Waals surface area contributed by atoms with Crippen LogP contribution in [0.1, 0.15) is 33.0 Å². The van der Waals surface area contributed by atoms with Crippen molar-refractivity contribution in [2.24, 2.45) is 0 Å². The highest BCUT2D eigenvalue weighted by atomic mass is 19.1. The van der Waals surface area contributed by atoms with Gasteiger partial charge in [-0.25, -0.2) is 9.37 Å². The fourth-order valence-electron chi connectivity index (χ4n) is 3.67. The van der Waals surface area contributed by atoms with Crippen molar-refractivity contribution < 1.29 is 14.0 Å². The van der Waals surface area contributed by atoms with E-state index < -0.39 is 0 Å². The third kappa shape index (κ3) is 5.79. The summed E-state index contributed by atoms with van der Waals surface area (Å²) in [5, 5.41) is 2.93. The lowest BCUT2D eigenvalue weighted by molar-refractivity contribution is 0.0820. The number of hydrogen-bond donors (Lipinski definition) is 1. The maximum absolute atomic E-state index is 13.9. The van der Waals surface area contributed by atoms with E-state index in [9.17, 15) is 14.0 Å². The Morgan fingerprint density at radius 2 is 1.81 bits per heavy atom. The van der Waals surface area contributed by atoms with E-state index in [-0.39, 0.29) is 17.6 Å². The molecule has 0 unspecified atom stereocenters.